The fourth-order valence-electron chi connectivity index (χ4n) is 1.96. The first kappa shape index (κ1) is 15.6. The summed E-state index contributed by atoms with van der Waals surface area (Å²) in [5.74, 6) is -0.174. The highest BCUT2D eigenvalue weighted by atomic mass is 79.9. The Morgan fingerprint density at radius 2 is 2.06 bits per heavy atom. The van der Waals surface area contributed by atoms with Crippen LogP contribution in [0.1, 0.15) is 45.6 Å². The lowest BCUT2D eigenvalue weighted by Gasteiger charge is -2.28. The molecule has 1 rings (SSSR count). The lowest BCUT2D eigenvalue weighted by molar-refractivity contribution is 0.191. The summed E-state index contributed by atoms with van der Waals surface area (Å²) in [6.07, 6.45) is 3.51. The lowest BCUT2D eigenvalue weighted by Crippen LogP contribution is -2.33. The first-order valence-corrected chi connectivity index (χ1v) is 7.56. The average Bonchev–Trinajstić information content (AvgIpc) is 2.38. The van der Waals surface area contributed by atoms with Crippen molar-refractivity contribution < 1.29 is 4.39 Å². The minimum absolute atomic E-state index is 0.174. The number of rotatable bonds is 7. The van der Waals surface area contributed by atoms with Crippen molar-refractivity contribution in [3.05, 3.63) is 34.1 Å². The van der Waals surface area contributed by atoms with Gasteiger partial charge in [-0.25, -0.2) is 4.39 Å². The zero-order chi connectivity index (χ0) is 13.5. The summed E-state index contributed by atoms with van der Waals surface area (Å²) < 4.78 is 14.1. The van der Waals surface area contributed by atoms with Gasteiger partial charge in [-0.1, -0.05) is 32.4 Å². The second-order valence-corrected chi connectivity index (χ2v) is 5.59. The SMILES string of the molecule is CCCCN(Cc1cccc(F)c1Br)C(C)CC. The Bertz CT molecular complexity index is 368. The monoisotopic (exact) mass is 315 g/mol. The number of benzene rings is 1. The molecule has 102 valence electrons. The summed E-state index contributed by atoms with van der Waals surface area (Å²) >= 11 is 3.35. The summed E-state index contributed by atoms with van der Waals surface area (Å²) in [6, 6.07) is 5.80. The third kappa shape index (κ3) is 4.36. The molecule has 0 N–H and O–H groups in total. The first-order valence-electron chi connectivity index (χ1n) is 6.77. The Labute approximate surface area is 119 Å². The minimum Gasteiger partial charge on any atom is -0.296 e. The lowest BCUT2D eigenvalue weighted by atomic mass is 10.1. The van der Waals surface area contributed by atoms with Gasteiger partial charge in [-0.3, -0.25) is 4.90 Å². The van der Waals surface area contributed by atoms with E-state index in [1.807, 2.05) is 6.07 Å². The van der Waals surface area contributed by atoms with Crippen molar-refractivity contribution >= 4 is 15.9 Å². The van der Waals surface area contributed by atoms with Crippen molar-refractivity contribution in [3.63, 3.8) is 0 Å². The van der Waals surface area contributed by atoms with Gasteiger partial charge in [0.05, 0.1) is 4.47 Å². The average molecular weight is 316 g/mol. The highest BCUT2D eigenvalue weighted by Gasteiger charge is 2.14. The molecule has 1 atom stereocenters. The number of hydrogen-bond acceptors (Lipinski definition) is 1. The van der Waals surface area contributed by atoms with Gasteiger partial charge < -0.3 is 0 Å². The van der Waals surface area contributed by atoms with Crippen LogP contribution in [-0.4, -0.2) is 17.5 Å². The second-order valence-electron chi connectivity index (χ2n) is 4.79. The quantitative estimate of drug-likeness (QED) is 0.685. The van der Waals surface area contributed by atoms with Crippen LogP contribution < -0.4 is 0 Å². The van der Waals surface area contributed by atoms with E-state index in [1.165, 1.54) is 18.9 Å². The highest BCUT2D eigenvalue weighted by Crippen LogP contribution is 2.23. The molecule has 0 saturated carbocycles. The molecule has 0 aliphatic heterocycles. The van der Waals surface area contributed by atoms with Gasteiger partial charge >= 0.3 is 0 Å². The largest absolute Gasteiger partial charge is 0.296 e. The first-order chi connectivity index (χ1) is 8.60. The number of halogens is 2. The Kier molecular flexibility index (Phi) is 6.87. The van der Waals surface area contributed by atoms with Crippen LogP contribution >= 0.6 is 15.9 Å². The summed E-state index contributed by atoms with van der Waals surface area (Å²) in [5, 5.41) is 0. The molecule has 1 nitrogen and oxygen atoms in total. The number of unbranched alkanes of at least 4 members (excludes halogenated alkanes) is 1. The van der Waals surface area contributed by atoms with Crippen LogP contribution in [0.3, 0.4) is 0 Å². The third-order valence-electron chi connectivity index (χ3n) is 3.42. The van der Waals surface area contributed by atoms with Crippen LogP contribution in [-0.2, 0) is 6.54 Å². The summed E-state index contributed by atoms with van der Waals surface area (Å²) in [4.78, 5) is 2.43. The van der Waals surface area contributed by atoms with Crippen LogP contribution in [0.5, 0.6) is 0 Å². The van der Waals surface area contributed by atoms with Gasteiger partial charge in [0, 0.05) is 12.6 Å². The Morgan fingerprint density at radius 3 is 2.67 bits per heavy atom. The Hall–Kier alpha value is -0.410. The Morgan fingerprint density at radius 1 is 1.33 bits per heavy atom. The molecular weight excluding hydrogens is 293 g/mol. The molecule has 0 fully saturated rings. The summed E-state index contributed by atoms with van der Waals surface area (Å²) in [5.41, 5.74) is 1.03. The molecule has 1 aromatic carbocycles. The molecule has 0 amide bonds. The zero-order valence-electron chi connectivity index (χ0n) is 11.5. The minimum atomic E-state index is -0.174. The van der Waals surface area contributed by atoms with E-state index in [4.69, 9.17) is 0 Å². The van der Waals surface area contributed by atoms with Crippen molar-refractivity contribution in [2.75, 3.05) is 6.54 Å². The van der Waals surface area contributed by atoms with Gasteiger partial charge in [0.2, 0.25) is 0 Å². The fraction of sp³-hybridized carbons (Fsp3) is 0.600. The fourth-order valence-corrected chi connectivity index (χ4v) is 2.35. The van der Waals surface area contributed by atoms with Gasteiger partial charge in [-0.2, -0.15) is 0 Å². The zero-order valence-corrected chi connectivity index (χ0v) is 13.1. The molecule has 0 heterocycles. The second kappa shape index (κ2) is 7.90. The molecule has 0 saturated heterocycles. The predicted octanol–water partition coefficient (Wildman–Crippen LogP) is 4.99. The standard InChI is InChI=1S/C15H23BrFN/c1-4-6-10-18(12(3)5-2)11-13-8-7-9-14(17)15(13)16/h7-9,12H,4-6,10-11H2,1-3H3. The summed E-state index contributed by atoms with van der Waals surface area (Å²) in [6.45, 7) is 8.53. The maximum Gasteiger partial charge on any atom is 0.137 e. The van der Waals surface area contributed by atoms with E-state index in [2.05, 4.69) is 41.6 Å². The molecule has 0 aliphatic carbocycles. The number of nitrogens with zero attached hydrogens (tertiary/aromatic N) is 1. The van der Waals surface area contributed by atoms with E-state index < -0.39 is 0 Å². The van der Waals surface area contributed by atoms with Crippen LogP contribution in [0.15, 0.2) is 22.7 Å². The molecular formula is C15H23BrFN. The molecule has 0 bridgehead atoms. The van der Waals surface area contributed by atoms with Gasteiger partial charge in [0.1, 0.15) is 5.82 Å². The van der Waals surface area contributed by atoms with Gasteiger partial charge in [-0.15, -0.1) is 0 Å². The molecule has 0 radical (unpaired) electrons. The van der Waals surface area contributed by atoms with E-state index in [9.17, 15) is 4.39 Å². The van der Waals surface area contributed by atoms with E-state index in [1.54, 1.807) is 6.07 Å². The van der Waals surface area contributed by atoms with Crippen molar-refractivity contribution in [3.8, 4) is 0 Å². The van der Waals surface area contributed by atoms with Crippen LogP contribution in [0, 0.1) is 5.82 Å². The molecule has 3 heteroatoms. The van der Waals surface area contributed by atoms with Crippen molar-refractivity contribution in [1.29, 1.82) is 0 Å². The number of hydrogen-bond donors (Lipinski definition) is 0. The topological polar surface area (TPSA) is 3.24 Å². The van der Waals surface area contributed by atoms with Gasteiger partial charge in [0.25, 0.3) is 0 Å². The maximum absolute atomic E-state index is 13.5. The van der Waals surface area contributed by atoms with E-state index in [0.717, 1.165) is 25.1 Å². The van der Waals surface area contributed by atoms with Gasteiger partial charge in [0.15, 0.2) is 0 Å². The highest BCUT2D eigenvalue weighted by molar-refractivity contribution is 9.10. The predicted molar refractivity (Wildman–Crippen MR) is 79.2 cm³/mol. The summed E-state index contributed by atoms with van der Waals surface area (Å²) in [7, 11) is 0. The van der Waals surface area contributed by atoms with E-state index >= 15 is 0 Å². The third-order valence-corrected chi connectivity index (χ3v) is 4.31. The smallest absolute Gasteiger partial charge is 0.137 e. The van der Waals surface area contributed by atoms with Crippen LogP contribution in [0.4, 0.5) is 4.39 Å². The van der Waals surface area contributed by atoms with E-state index in [-0.39, 0.29) is 5.82 Å². The van der Waals surface area contributed by atoms with Crippen LogP contribution in [0.2, 0.25) is 0 Å². The molecule has 1 unspecified atom stereocenters. The van der Waals surface area contributed by atoms with Crippen molar-refractivity contribution in [1.82, 2.24) is 4.90 Å². The van der Waals surface area contributed by atoms with E-state index in [0.29, 0.717) is 10.5 Å². The van der Waals surface area contributed by atoms with Crippen molar-refractivity contribution in [2.24, 2.45) is 0 Å². The van der Waals surface area contributed by atoms with Crippen molar-refractivity contribution in [2.45, 2.75) is 52.6 Å². The van der Waals surface area contributed by atoms with Crippen LogP contribution in [0.25, 0.3) is 0 Å². The molecule has 18 heavy (non-hydrogen) atoms. The maximum atomic E-state index is 13.5. The van der Waals surface area contributed by atoms with Gasteiger partial charge in [-0.05, 0) is 53.9 Å². The molecule has 0 aromatic heterocycles. The molecule has 0 aliphatic rings. The molecule has 1 aromatic rings. The normalized spacial score (nSPS) is 13.0. The molecule has 0 spiro atoms. The Balaban J connectivity index is 2.78.